The molecule has 6 nitrogen and oxygen atoms in total. The highest BCUT2D eigenvalue weighted by atomic mass is 32.2. The Labute approximate surface area is 136 Å². The Morgan fingerprint density at radius 3 is 2.61 bits per heavy atom. The lowest BCUT2D eigenvalue weighted by atomic mass is 10.1. The second-order valence-electron chi connectivity index (χ2n) is 5.98. The molecule has 1 aromatic carbocycles. The van der Waals surface area contributed by atoms with Crippen LogP contribution in [-0.4, -0.2) is 40.1 Å². The Balaban J connectivity index is 1.66. The first-order chi connectivity index (χ1) is 11.1. The number of rotatable bonds is 5. The van der Waals surface area contributed by atoms with Crippen molar-refractivity contribution < 1.29 is 17.9 Å². The number of carbonyl (C=O) groups excluding carboxylic acids is 1. The second-order valence-corrected chi connectivity index (χ2v) is 7.75. The van der Waals surface area contributed by atoms with E-state index in [4.69, 9.17) is 4.74 Å². The third-order valence-corrected chi connectivity index (χ3v) is 5.75. The van der Waals surface area contributed by atoms with Gasteiger partial charge in [-0.15, -0.1) is 0 Å². The van der Waals surface area contributed by atoms with Crippen LogP contribution >= 0.6 is 0 Å². The highest BCUT2D eigenvalue weighted by molar-refractivity contribution is 7.89. The van der Waals surface area contributed by atoms with E-state index in [2.05, 4.69) is 4.72 Å². The standard InChI is InChI=1S/C16H22N2O4S/c19-16-5-1-2-10-18(16)13-6-8-15(9-7-13)23(20,21)17-12-14-4-3-11-22-14/h6-9,14,17H,1-5,10-12H2. The fraction of sp³-hybridized carbons (Fsp3) is 0.562. The Kier molecular flexibility index (Phi) is 4.99. The average Bonchev–Trinajstić information content (AvgIpc) is 3.07. The van der Waals surface area contributed by atoms with Gasteiger partial charge in [0.15, 0.2) is 0 Å². The molecule has 1 atom stereocenters. The molecule has 0 radical (unpaired) electrons. The molecule has 126 valence electrons. The minimum absolute atomic E-state index is 0.0324. The van der Waals surface area contributed by atoms with Gasteiger partial charge in [-0.05, 0) is 49.9 Å². The zero-order valence-corrected chi connectivity index (χ0v) is 13.8. The Morgan fingerprint density at radius 2 is 1.96 bits per heavy atom. The number of nitrogens with zero attached hydrogens (tertiary/aromatic N) is 1. The van der Waals surface area contributed by atoms with Crippen LogP contribution in [0.3, 0.4) is 0 Å². The highest BCUT2D eigenvalue weighted by Gasteiger charge is 2.22. The molecule has 0 aliphatic carbocycles. The van der Waals surface area contributed by atoms with Crippen molar-refractivity contribution in [2.75, 3.05) is 24.6 Å². The molecule has 1 unspecified atom stereocenters. The van der Waals surface area contributed by atoms with Crippen LogP contribution in [0.4, 0.5) is 5.69 Å². The predicted octanol–water partition coefficient (Wildman–Crippen LogP) is 1.66. The summed E-state index contributed by atoms with van der Waals surface area (Å²) in [6.07, 6.45) is 4.30. The topological polar surface area (TPSA) is 75.7 Å². The zero-order valence-electron chi connectivity index (χ0n) is 13.0. The van der Waals surface area contributed by atoms with E-state index in [1.54, 1.807) is 29.2 Å². The maximum absolute atomic E-state index is 12.3. The fourth-order valence-electron chi connectivity index (χ4n) is 2.98. The van der Waals surface area contributed by atoms with E-state index in [1.165, 1.54) is 0 Å². The molecule has 2 saturated heterocycles. The van der Waals surface area contributed by atoms with Gasteiger partial charge in [0.05, 0.1) is 11.0 Å². The average molecular weight is 338 g/mol. The van der Waals surface area contributed by atoms with E-state index >= 15 is 0 Å². The fourth-order valence-corrected chi connectivity index (χ4v) is 4.04. The van der Waals surface area contributed by atoms with Crippen molar-refractivity contribution in [3.8, 4) is 0 Å². The van der Waals surface area contributed by atoms with Gasteiger partial charge in [0.1, 0.15) is 0 Å². The summed E-state index contributed by atoms with van der Waals surface area (Å²) in [6.45, 7) is 1.70. The zero-order chi connectivity index (χ0) is 16.3. The third-order valence-electron chi connectivity index (χ3n) is 4.31. The van der Waals surface area contributed by atoms with Crippen molar-refractivity contribution in [2.24, 2.45) is 0 Å². The maximum Gasteiger partial charge on any atom is 0.240 e. The monoisotopic (exact) mass is 338 g/mol. The van der Waals surface area contributed by atoms with Gasteiger partial charge in [0.25, 0.3) is 0 Å². The maximum atomic E-state index is 12.3. The summed E-state index contributed by atoms with van der Waals surface area (Å²) >= 11 is 0. The normalized spacial score (nSPS) is 22.5. The summed E-state index contributed by atoms with van der Waals surface area (Å²) in [7, 11) is -3.54. The number of hydrogen-bond donors (Lipinski definition) is 1. The molecule has 2 aliphatic heterocycles. The van der Waals surface area contributed by atoms with Gasteiger partial charge < -0.3 is 9.64 Å². The molecule has 7 heteroatoms. The number of piperidine rings is 1. The summed E-state index contributed by atoms with van der Waals surface area (Å²) in [5.41, 5.74) is 0.757. The first kappa shape index (κ1) is 16.4. The van der Waals surface area contributed by atoms with Crippen LogP contribution in [0, 0.1) is 0 Å². The molecule has 0 spiro atoms. The summed E-state index contributed by atoms with van der Waals surface area (Å²) < 4.78 is 32.6. The summed E-state index contributed by atoms with van der Waals surface area (Å²) in [6, 6.07) is 6.50. The SMILES string of the molecule is O=C1CCCCN1c1ccc(S(=O)(=O)NCC2CCCO2)cc1. The van der Waals surface area contributed by atoms with Crippen LogP contribution in [0.15, 0.2) is 29.2 Å². The Morgan fingerprint density at radius 1 is 1.17 bits per heavy atom. The number of sulfonamides is 1. The van der Waals surface area contributed by atoms with Crippen LogP contribution < -0.4 is 9.62 Å². The number of nitrogens with one attached hydrogen (secondary N) is 1. The van der Waals surface area contributed by atoms with Crippen molar-refractivity contribution in [3.05, 3.63) is 24.3 Å². The van der Waals surface area contributed by atoms with Gasteiger partial charge in [-0.25, -0.2) is 13.1 Å². The highest BCUT2D eigenvalue weighted by Crippen LogP contribution is 2.22. The van der Waals surface area contributed by atoms with E-state index in [0.717, 1.165) is 31.4 Å². The lowest BCUT2D eigenvalue weighted by Crippen LogP contribution is -2.35. The third kappa shape index (κ3) is 3.91. The number of hydrogen-bond acceptors (Lipinski definition) is 4. The molecule has 2 aliphatic rings. The predicted molar refractivity (Wildman–Crippen MR) is 86.8 cm³/mol. The number of ether oxygens (including phenoxy) is 1. The van der Waals surface area contributed by atoms with Gasteiger partial charge in [-0.2, -0.15) is 0 Å². The second kappa shape index (κ2) is 6.98. The molecule has 1 N–H and O–H groups in total. The van der Waals surface area contributed by atoms with Gasteiger partial charge in [-0.3, -0.25) is 4.79 Å². The van der Waals surface area contributed by atoms with Crippen LogP contribution in [0.1, 0.15) is 32.1 Å². The lowest BCUT2D eigenvalue weighted by molar-refractivity contribution is -0.119. The van der Waals surface area contributed by atoms with Crippen LogP contribution in [-0.2, 0) is 19.6 Å². The molecule has 0 bridgehead atoms. The minimum Gasteiger partial charge on any atom is -0.377 e. The molecule has 2 heterocycles. The van der Waals surface area contributed by atoms with Gasteiger partial charge in [-0.1, -0.05) is 0 Å². The van der Waals surface area contributed by atoms with Crippen molar-refractivity contribution in [2.45, 2.75) is 43.1 Å². The first-order valence-corrected chi connectivity index (χ1v) is 9.56. The quantitative estimate of drug-likeness (QED) is 0.886. The smallest absolute Gasteiger partial charge is 0.240 e. The van der Waals surface area contributed by atoms with Crippen molar-refractivity contribution in [3.63, 3.8) is 0 Å². The molecular weight excluding hydrogens is 316 g/mol. The van der Waals surface area contributed by atoms with E-state index in [0.29, 0.717) is 26.1 Å². The lowest BCUT2D eigenvalue weighted by Gasteiger charge is -2.26. The van der Waals surface area contributed by atoms with Gasteiger partial charge in [0, 0.05) is 31.8 Å². The van der Waals surface area contributed by atoms with E-state index in [9.17, 15) is 13.2 Å². The van der Waals surface area contributed by atoms with Gasteiger partial charge in [0.2, 0.25) is 15.9 Å². The molecule has 1 amide bonds. The van der Waals surface area contributed by atoms with Crippen LogP contribution in [0.25, 0.3) is 0 Å². The Bertz CT molecular complexity index is 651. The van der Waals surface area contributed by atoms with E-state index in [-0.39, 0.29) is 16.9 Å². The van der Waals surface area contributed by atoms with Gasteiger partial charge >= 0.3 is 0 Å². The number of benzene rings is 1. The van der Waals surface area contributed by atoms with E-state index < -0.39 is 10.0 Å². The van der Waals surface area contributed by atoms with Crippen LogP contribution in [0.2, 0.25) is 0 Å². The Hall–Kier alpha value is -1.44. The summed E-state index contributed by atoms with van der Waals surface area (Å²) in [5, 5.41) is 0. The van der Waals surface area contributed by atoms with Crippen molar-refractivity contribution >= 4 is 21.6 Å². The summed E-state index contributed by atoms with van der Waals surface area (Å²) in [5.74, 6) is 0.100. The molecule has 0 saturated carbocycles. The molecule has 0 aromatic heterocycles. The molecule has 3 rings (SSSR count). The van der Waals surface area contributed by atoms with E-state index in [1.807, 2.05) is 0 Å². The number of anilines is 1. The molecule has 2 fully saturated rings. The first-order valence-electron chi connectivity index (χ1n) is 8.08. The molecule has 23 heavy (non-hydrogen) atoms. The number of amides is 1. The summed E-state index contributed by atoms with van der Waals surface area (Å²) in [4.78, 5) is 13.8. The largest absolute Gasteiger partial charge is 0.377 e. The van der Waals surface area contributed by atoms with Crippen LogP contribution in [0.5, 0.6) is 0 Å². The number of carbonyl (C=O) groups is 1. The molecular formula is C16H22N2O4S. The minimum atomic E-state index is -3.54. The molecule has 1 aromatic rings. The van der Waals surface area contributed by atoms with Crippen molar-refractivity contribution in [1.29, 1.82) is 0 Å². The van der Waals surface area contributed by atoms with Crippen molar-refractivity contribution in [1.82, 2.24) is 4.72 Å².